The van der Waals surface area contributed by atoms with Crippen LogP contribution in [0.15, 0.2) is 35.7 Å². The second kappa shape index (κ2) is 4.99. The van der Waals surface area contributed by atoms with Gasteiger partial charge in [0, 0.05) is 23.2 Å². The molecule has 2 unspecified atom stereocenters. The first kappa shape index (κ1) is 12.7. The van der Waals surface area contributed by atoms with Crippen LogP contribution in [0.1, 0.15) is 29.0 Å². The molecule has 1 aliphatic heterocycles. The van der Waals surface area contributed by atoms with Crippen LogP contribution in [0.25, 0.3) is 0 Å². The van der Waals surface area contributed by atoms with Gasteiger partial charge in [0.1, 0.15) is 0 Å². The average molecular weight is 272 g/mol. The standard InChI is InChI=1S/C16H20N2S/c1-11-7-8-19-16(11)15(10-17)18-12(2)9-13-5-3-4-6-14(13)18/h3-8,12,15H,9-10,17H2,1-2H3. The summed E-state index contributed by atoms with van der Waals surface area (Å²) in [7, 11) is 0. The molecule has 0 saturated heterocycles. The summed E-state index contributed by atoms with van der Waals surface area (Å²) in [6, 6.07) is 11.7. The Morgan fingerprint density at radius 2 is 2.16 bits per heavy atom. The molecule has 3 heteroatoms. The van der Waals surface area contributed by atoms with Gasteiger partial charge in [-0.3, -0.25) is 0 Å². The molecular weight excluding hydrogens is 252 g/mol. The second-order valence-electron chi connectivity index (χ2n) is 5.31. The van der Waals surface area contributed by atoms with E-state index in [-0.39, 0.29) is 0 Å². The molecule has 0 spiro atoms. The molecule has 100 valence electrons. The molecule has 1 aliphatic rings. The molecule has 0 fully saturated rings. The van der Waals surface area contributed by atoms with E-state index in [1.165, 1.54) is 21.7 Å². The molecule has 2 heterocycles. The maximum Gasteiger partial charge on any atom is 0.0763 e. The number of para-hydroxylation sites is 1. The number of rotatable bonds is 3. The van der Waals surface area contributed by atoms with Crippen molar-refractivity contribution >= 4 is 17.0 Å². The minimum Gasteiger partial charge on any atom is -0.359 e. The van der Waals surface area contributed by atoms with E-state index < -0.39 is 0 Å². The third-order valence-electron chi connectivity index (χ3n) is 4.02. The summed E-state index contributed by atoms with van der Waals surface area (Å²) in [5.41, 5.74) is 10.3. The maximum absolute atomic E-state index is 6.10. The van der Waals surface area contributed by atoms with E-state index >= 15 is 0 Å². The summed E-state index contributed by atoms with van der Waals surface area (Å²) in [4.78, 5) is 3.92. The smallest absolute Gasteiger partial charge is 0.0763 e. The van der Waals surface area contributed by atoms with Crippen LogP contribution < -0.4 is 10.6 Å². The number of nitrogens with two attached hydrogens (primary N) is 1. The number of fused-ring (bicyclic) bond motifs is 1. The molecule has 1 aromatic carbocycles. The maximum atomic E-state index is 6.10. The van der Waals surface area contributed by atoms with Crippen LogP contribution >= 0.6 is 11.3 Å². The third-order valence-corrected chi connectivity index (χ3v) is 5.14. The monoisotopic (exact) mass is 272 g/mol. The fourth-order valence-electron chi connectivity index (χ4n) is 3.14. The van der Waals surface area contributed by atoms with E-state index in [0.29, 0.717) is 18.6 Å². The molecule has 2 N–H and O–H groups in total. The molecule has 1 aromatic heterocycles. The fourth-order valence-corrected chi connectivity index (χ4v) is 4.18. The van der Waals surface area contributed by atoms with E-state index in [1.807, 2.05) is 11.3 Å². The van der Waals surface area contributed by atoms with Gasteiger partial charge >= 0.3 is 0 Å². The Kier molecular flexibility index (Phi) is 3.33. The van der Waals surface area contributed by atoms with Crippen LogP contribution in [0, 0.1) is 6.92 Å². The van der Waals surface area contributed by atoms with Crippen molar-refractivity contribution in [1.82, 2.24) is 0 Å². The number of anilines is 1. The SMILES string of the molecule is Cc1ccsc1C(CN)N1c2ccccc2CC1C. The Bertz CT molecular complexity index is 576. The summed E-state index contributed by atoms with van der Waals surface area (Å²) in [6.45, 7) is 5.15. The van der Waals surface area contributed by atoms with Crippen LogP contribution in [-0.2, 0) is 6.42 Å². The zero-order valence-corrected chi connectivity index (χ0v) is 12.3. The number of thiophene rings is 1. The van der Waals surface area contributed by atoms with Gasteiger partial charge in [-0.1, -0.05) is 18.2 Å². The van der Waals surface area contributed by atoms with E-state index in [2.05, 4.69) is 54.5 Å². The minimum atomic E-state index is 0.304. The molecule has 3 rings (SSSR count). The fraction of sp³-hybridized carbons (Fsp3) is 0.375. The molecule has 0 bridgehead atoms. The van der Waals surface area contributed by atoms with Gasteiger partial charge in [-0.25, -0.2) is 0 Å². The van der Waals surface area contributed by atoms with Crippen molar-refractivity contribution in [1.29, 1.82) is 0 Å². The largest absolute Gasteiger partial charge is 0.359 e. The van der Waals surface area contributed by atoms with Crippen molar-refractivity contribution in [2.75, 3.05) is 11.4 Å². The molecule has 0 saturated carbocycles. The Balaban J connectivity index is 2.03. The van der Waals surface area contributed by atoms with Crippen LogP contribution in [0.4, 0.5) is 5.69 Å². The lowest BCUT2D eigenvalue weighted by Gasteiger charge is -2.33. The lowest BCUT2D eigenvalue weighted by Crippen LogP contribution is -2.37. The van der Waals surface area contributed by atoms with Gasteiger partial charge in [-0.05, 0) is 48.9 Å². The summed E-state index contributed by atoms with van der Waals surface area (Å²) >= 11 is 1.82. The van der Waals surface area contributed by atoms with Crippen LogP contribution in [-0.4, -0.2) is 12.6 Å². The van der Waals surface area contributed by atoms with Crippen molar-refractivity contribution < 1.29 is 0 Å². The second-order valence-corrected chi connectivity index (χ2v) is 6.26. The van der Waals surface area contributed by atoms with Gasteiger partial charge in [0.05, 0.1) is 6.04 Å². The first-order chi connectivity index (χ1) is 9.22. The number of hydrogen-bond donors (Lipinski definition) is 1. The van der Waals surface area contributed by atoms with Crippen LogP contribution in [0.5, 0.6) is 0 Å². The molecule has 0 radical (unpaired) electrons. The van der Waals surface area contributed by atoms with Crippen LogP contribution in [0.3, 0.4) is 0 Å². The van der Waals surface area contributed by atoms with E-state index in [1.54, 1.807) is 0 Å². The third kappa shape index (κ3) is 2.07. The predicted molar refractivity (Wildman–Crippen MR) is 82.9 cm³/mol. The molecule has 2 aromatic rings. The zero-order chi connectivity index (χ0) is 13.4. The molecule has 2 atom stereocenters. The van der Waals surface area contributed by atoms with Crippen molar-refractivity contribution in [3.8, 4) is 0 Å². The van der Waals surface area contributed by atoms with Gasteiger partial charge < -0.3 is 10.6 Å². The highest BCUT2D eigenvalue weighted by molar-refractivity contribution is 7.10. The molecule has 19 heavy (non-hydrogen) atoms. The van der Waals surface area contributed by atoms with Crippen molar-refractivity contribution in [3.05, 3.63) is 51.7 Å². The highest BCUT2D eigenvalue weighted by Crippen LogP contribution is 2.40. The van der Waals surface area contributed by atoms with Crippen molar-refractivity contribution in [2.45, 2.75) is 32.4 Å². The Morgan fingerprint density at radius 1 is 1.37 bits per heavy atom. The van der Waals surface area contributed by atoms with Gasteiger partial charge in [0.2, 0.25) is 0 Å². The predicted octanol–water partition coefficient (Wildman–Crippen LogP) is 3.51. The molecule has 2 nitrogen and oxygen atoms in total. The first-order valence-corrected chi connectivity index (χ1v) is 7.70. The number of benzene rings is 1. The normalized spacial score (nSPS) is 19.5. The Morgan fingerprint density at radius 3 is 2.84 bits per heavy atom. The summed E-state index contributed by atoms with van der Waals surface area (Å²) < 4.78 is 0. The Hall–Kier alpha value is -1.32. The van der Waals surface area contributed by atoms with E-state index in [4.69, 9.17) is 5.73 Å². The number of nitrogens with zero attached hydrogens (tertiary/aromatic N) is 1. The Labute approximate surface area is 118 Å². The van der Waals surface area contributed by atoms with Gasteiger partial charge in [0.25, 0.3) is 0 Å². The zero-order valence-electron chi connectivity index (χ0n) is 11.5. The first-order valence-electron chi connectivity index (χ1n) is 6.82. The minimum absolute atomic E-state index is 0.304. The van der Waals surface area contributed by atoms with Gasteiger partial charge in [0.15, 0.2) is 0 Å². The lowest BCUT2D eigenvalue weighted by atomic mass is 10.1. The summed E-state index contributed by atoms with van der Waals surface area (Å²) in [6.07, 6.45) is 1.12. The van der Waals surface area contributed by atoms with E-state index in [0.717, 1.165) is 6.42 Å². The van der Waals surface area contributed by atoms with Gasteiger partial charge in [-0.2, -0.15) is 0 Å². The highest BCUT2D eigenvalue weighted by atomic mass is 32.1. The average Bonchev–Trinajstić information content (AvgIpc) is 2.96. The summed E-state index contributed by atoms with van der Waals surface area (Å²) in [5.74, 6) is 0. The molecule has 0 amide bonds. The highest BCUT2D eigenvalue weighted by Gasteiger charge is 2.32. The lowest BCUT2D eigenvalue weighted by molar-refractivity contribution is 0.574. The van der Waals surface area contributed by atoms with Gasteiger partial charge in [-0.15, -0.1) is 11.3 Å². The molecule has 0 aliphatic carbocycles. The summed E-state index contributed by atoms with van der Waals surface area (Å²) in [5, 5.41) is 2.17. The van der Waals surface area contributed by atoms with Crippen molar-refractivity contribution in [3.63, 3.8) is 0 Å². The topological polar surface area (TPSA) is 29.3 Å². The number of aryl methyl sites for hydroxylation is 1. The van der Waals surface area contributed by atoms with Crippen molar-refractivity contribution in [2.24, 2.45) is 5.73 Å². The molecular formula is C16H20N2S. The van der Waals surface area contributed by atoms with E-state index in [9.17, 15) is 0 Å². The van der Waals surface area contributed by atoms with Crippen LogP contribution in [0.2, 0.25) is 0 Å². The number of hydrogen-bond acceptors (Lipinski definition) is 3. The quantitative estimate of drug-likeness (QED) is 0.926.